The Hall–Kier alpha value is -2.08. The number of hydrogen-bond acceptors (Lipinski definition) is 6. The molecule has 20 heavy (non-hydrogen) atoms. The van der Waals surface area contributed by atoms with Crippen LogP contribution in [0.25, 0.3) is 5.03 Å². The molecule has 0 N–H and O–H groups in total. The van der Waals surface area contributed by atoms with Gasteiger partial charge in [-0.25, -0.2) is 4.79 Å². The average Bonchev–Trinajstić information content (AvgIpc) is 2.39. The minimum atomic E-state index is -0.925. The summed E-state index contributed by atoms with van der Waals surface area (Å²) < 4.78 is 10.9. The van der Waals surface area contributed by atoms with E-state index in [0.717, 1.165) is 0 Å². The number of hydrogen-bond donors (Lipinski definition) is 0. The molecule has 7 heteroatoms. The van der Waals surface area contributed by atoms with E-state index in [1.807, 2.05) is 13.8 Å². The molecule has 1 aliphatic rings. The van der Waals surface area contributed by atoms with Crippen LogP contribution in [0.3, 0.4) is 0 Å². The predicted molar refractivity (Wildman–Crippen MR) is 72.4 cm³/mol. The molecular formula is C13H12ClNO5. The zero-order valence-corrected chi connectivity index (χ0v) is 11.6. The fourth-order valence-electron chi connectivity index (χ4n) is 1.77. The second kappa shape index (κ2) is 5.92. The summed E-state index contributed by atoms with van der Waals surface area (Å²) in [5.41, 5.74) is 0.550. The van der Waals surface area contributed by atoms with Gasteiger partial charge in [0.15, 0.2) is 5.34 Å². The molecule has 0 unspecified atom stereocenters. The van der Waals surface area contributed by atoms with E-state index >= 15 is 0 Å². The standard InChI is InChI=1S/C13H12ClNO5/c1-7(2)19-8-3-4-11-9(5-8)12(14)10(6-18-11)13(16)20-15-17/h3-5,7H,6H2,1-2H3. The first-order valence-electron chi connectivity index (χ1n) is 5.89. The molecule has 106 valence electrons. The second-order valence-electron chi connectivity index (χ2n) is 4.36. The number of benzene rings is 1. The largest absolute Gasteiger partial charge is 0.491 e. The Morgan fingerprint density at radius 3 is 2.85 bits per heavy atom. The van der Waals surface area contributed by atoms with E-state index in [4.69, 9.17) is 21.1 Å². The summed E-state index contributed by atoms with van der Waals surface area (Å²) in [5.74, 6) is 0.205. The number of carbonyl (C=O) groups excluding carboxylic acids is 1. The highest BCUT2D eigenvalue weighted by Crippen LogP contribution is 2.38. The van der Waals surface area contributed by atoms with Crippen LogP contribution in [0, 0.1) is 4.91 Å². The van der Waals surface area contributed by atoms with Crippen LogP contribution in [0.4, 0.5) is 0 Å². The van der Waals surface area contributed by atoms with Crippen molar-refractivity contribution in [3.05, 3.63) is 34.2 Å². The lowest BCUT2D eigenvalue weighted by atomic mass is 10.1. The van der Waals surface area contributed by atoms with Crippen LogP contribution < -0.4 is 9.47 Å². The van der Waals surface area contributed by atoms with E-state index in [0.29, 0.717) is 17.1 Å². The summed E-state index contributed by atoms with van der Waals surface area (Å²) in [6, 6.07) is 5.12. The molecule has 6 nitrogen and oxygen atoms in total. The van der Waals surface area contributed by atoms with Crippen LogP contribution >= 0.6 is 11.6 Å². The number of nitrogens with zero attached hydrogens (tertiary/aromatic N) is 1. The quantitative estimate of drug-likeness (QED) is 0.631. The minimum Gasteiger partial charge on any atom is -0.491 e. The lowest BCUT2D eigenvalue weighted by Gasteiger charge is -2.20. The molecule has 2 rings (SSSR count). The van der Waals surface area contributed by atoms with Crippen molar-refractivity contribution in [2.75, 3.05) is 6.61 Å². The van der Waals surface area contributed by atoms with Crippen molar-refractivity contribution >= 4 is 22.6 Å². The minimum absolute atomic E-state index is 0.00372. The van der Waals surface area contributed by atoms with Crippen molar-refractivity contribution in [1.29, 1.82) is 0 Å². The molecule has 0 fully saturated rings. The van der Waals surface area contributed by atoms with E-state index in [9.17, 15) is 9.70 Å². The van der Waals surface area contributed by atoms with Crippen molar-refractivity contribution in [2.24, 2.45) is 5.34 Å². The van der Waals surface area contributed by atoms with Crippen molar-refractivity contribution < 1.29 is 19.1 Å². The summed E-state index contributed by atoms with van der Waals surface area (Å²) in [6.07, 6.45) is 0.00372. The first kappa shape index (κ1) is 14.3. The monoisotopic (exact) mass is 297 g/mol. The Labute approximate surface area is 120 Å². The van der Waals surface area contributed by atoms with Crippen LogP contribution in [0.5, 0.6) is 11.5 Å². The smallest absolute Gasteiger partial charge is 0.370 e. The summed E-state index contributed by atoms with van der Waals surface area (Å²) in [5, 5.41) is 2.25. The van der Waals surface area contributed by atoms with E-state index in [2.05, 4.69) is 10.2 Å². The highest BCUT2D eigenvalue weighted by molar-refractivity contribution is 6.51. The van der Waals surface area contributed by atoms with Crippen LogP contribution in [0.1, 0.15) is 19.4 Å². The van der Waals surface area contributed by atoms with Crippen molar-refractivity contribution in [3.8, 4) is 11.5 Å². The highest BCUT2D eigenvalue weighted by atomic mass is 35.5. The summed E-state index contributed by atoms with van der Waals surface area (Å²) in [4.78, 5) is 25.5. The second-order valence-corrected chi connectivity index (χ2v) is 4.74. The average molecular weight is 298 g/mol. The van der Waals surface area contributed by atoms with Gasteiger partial charge in [-0.1, -0.05) is 11.6 Å². The molecule has 1 aromatic rings. The fraction of sp³-hybridized carbons (Fsp3) is 0.308. The summed E-state index contributed by atoms with van der Waals surface area (Å²) in [7, 11) is 0. The predicted octanol–water partition coefficient (Wildman–Crippen LogP) is 3.04. The van der Waals surface area contributed by atoms with Crippen molar-refractivity contribution in [3.63, 3.8) is 0 Å². The third-order valence-corrected chi connectivity index (χ3v) is 2.99. The van der Waals surface area contributed by atoms with Gasteiger partial charge in [-0.3, -0.25) is 4.84 Å². The molecule has 1 aliphatic heterocycles. The molecule has 0 aliphatic carbocycles. The zero-order chi connectivity index (χ0) is 14.7. The van der Waals surface area contributed by atoms with Gasteiger partial charge in [-0.15, -0.1) is 4.91 Å². The third kappa shape index (κ3) is 2.91. The lowest BCUT2D eigenvalue weighted by Crippen LogP contribution is -2.17. The molecule has 0 atom stereocenters. The van der Waals surface area contributed by atoms with Crippen LogP contribution in [0.15, 0.2) is 29.1 Å². The molecule has 0 spiro atoms. The number of fused-ring (bicyclic) bond motifs is 1. The normalized spacial score (nSPS) is 13.6. The van der Waals surface area contributed by atoms with E-state index < -0.39 is 5.97 Å². The van der Waals surface area contributed by atoms with Crippen molar-refractivity contribution in [2.45, 2.75) is 20.0 Å². The molecule has 1 aromatic carbocycles. The zero-order valence-electron chi connectivity index (χ0n) is 10.9. The van der Waals surface area contributed by atoms with Gasteiger partial charge < -0.3 is 9.47 Å². The maximum atomic E-state index is 11.5. The molecular weight excluding hydrogens is 286 g/mol. The Balaban J connectivity index is 2.38. The van der Waals surface area contributed by atoms with Crippen LogP contribution in [0.2, 0.25) is 0 Å². The number of halogens is 1. The summed E-state index contributed by atoms with van der Waals surface area (Å²) >= 11 is 6.15. The molecule has 0 bridgehead atoms. The molecule has 0 saturated heterocycles. The Morgan fingerprint density at radius 2 is 2.20 bits per heavy atom. The molecule has 0 saturated carbocycles. The van der Waals surface area contributed by atoms with Crippen molar-refractivity contribution in [1.82, 2.24) is 0 Å². The SMILES string of the molecule is CC(C)Oc1ccc2c(c1)C(Cl)=C(C(=O)ON=O)CO2. The van der Waals surface area contributed by atoms with E-state index in [1.165, 1.54) is 0 Å². The Morgan fingerprint density at radius 1 is 1.45 bits per heavy atom. The van der Waals surface area contributed by atoms with Gasteiger partial charge in [-0.05, 0) is 32.0 Å². The number of rotatable bonds is 4. The summed E-state index contributed by atoms with van der Waals surface area (Å²) in [6.45, 7) is 3.71. The van der Waals surface area contributed by atoms with Gasteiger partial charge in [0.25, 0.3) is 0 Å². The molecule has 0 radical (unpaired) electrons. The van der Waals surface area contributed by atoms with Gasteiger partial charge in [0, 0.05) is 5.56 Å². The van der Waals surface area contributed by atoms with E-state index in [1.54, 1.807) is 18.2 Å². The first-order valence-corrected chi connectivity index (χ1v) is 6.27. The third-order valence-electron chi connectivity index (χ3n) is 2.56. The Bertz CT molecular complexity index is 582. The number of carbonyl (C=O) groups is 1. The van der Waals surface area contributed by atoms with Crippen LogP contribution in [-0.4, -0.2) is 18.7 Å². The first-order chi connectivity index (χ1) is 9.52. The van der Waals surface area contributed by atoms with Gasteiger partial charge in [0.2, 0.25) is 0 Å². The lowest BCUT2D eigenvalue weighted by molar-refractivity contribution is -0.139. The van der Waals surface area contributed by atoms with Gasteiger partial charge in [-0.2, -0.15) is 0 Å². The number of ether oxygens (including phenoxy) is 2. The topological polar surface area (TPSA) is 74.2 Å². The molecule has 1 heterocycles. The maximum absolute atomic E-state index is 11.5. The maximum Gasteiger partial charge on any atom is 0.370 e. The van der Waals surface area contributed by atoms with Gasteiger partial charge in [0.05, 0.1) is 16.7 Å². The highest BCUT2D eigenvalue weighted by Gasteiger charge is 2.26. The Kier molecular flexibility index (Phi) is 4.24. The molecule has 0 aromatic heterocycles. The van der Waals surface area contributed by atoms with E-state index in [-0.39, 0.29) is 23.3 Å². The van der Waals surface area contributed by atoms with Gasteiger partial charge >= 0.3 is 5.97 Å². The molecule has 0 amide bonds. The van der Waals surface area contributed by atoms with Gasteiger partial charge in [0.1, 0.15) is 18.1 Å². The van der Waals surface area contributed by atoms with Crippen LogP contribution in [-0.2, 0) is 9.63 Å². The fourth-order valence-corrected chi connectivity index (χ4v) is 2.04.